The number of benzene rings is 1. The molecule has 0 aliphatic carbocycles. The van der Waals surface area contributed by atoms with Gasteiger partial charge in [-0.1, -0.05) is 13.0 Å². The van der Waals surface area contributed by atoms with E-state index in [1.165, 1.54) is 4.90 Å². The van der Waals surface area contributed by atoms with E-state index in [1.54, 1.807) is 24.3 Å². The Hall–Kier alpha value is -2.35. The quantitative estimate of drug-likeness (QED) is 0.849. The first-order valence-corrected chi connectivity index (χ1v) is 6.10. The Morgan fingerprint density at radius 2 is 2.11 bits per heavy atom. The second kappa shape index (κ2) is 7.17. The van der Waals surface area contributed by atoms with Gasteiger partial charge in [-0.2, -0.15) is 5.26 Å². The zero-order valence-electron chi connectivity index (χ0n) is 10.8. The van der Waals surface area contributed by atoms with Crippen LogP contribution in [0.3, 0.4) is 0 Å². The van der Waals surface area contributed by atoms with Crippen LogP contribution in [0.1, 0.15) is 31.7 Å². The Balaban J connectivity index is 2.97. The van der Waals surface area contributed by atoms with Gasteiger partial charge in [0.15, 0.2) is 0 Å². The van der Waals surface area contributed by atoms with Crippen LogP contribution in [0.25, 0.3) is 0 Å². The van der Waals surface area contributed by atoms with E-state index in [-0.39, 0.29) is 18.9 Å². The summed E-state index contributed by atoms with van der Waals surface area (Å²) in [5, 5.41) is 17.6. The van der Waals surface area contributed by atoms with Crippen molar-refractivity contribution in [2.45, 2.75) is 26.2 Å². The number of aliphatic carboxylic acids is 1. The summed E-state index contributed by atoms with van der Waals surface area (Å²) in [4.78, 5) is 24.1. The van der Waals surface area contributed by atoms with Crippen LogP contribution in [-0.4, -0.2) is 23.5 Å². The molecule has 0 saturated heterocycles. The number of anilines is 1. The molecule has 1 aromatic rings. The molecule has 0 fully saturated rings. The van der Waals surface area contributed by atoms with Gasteiger partial charge >= 0.3 is 5.97 Å². The van der Waals surface area contributed by atoms with E-state index >= 15 is 0 Å². The molecule has 100 valence electrons. The minimum absolute atomic E-state index is 0.114. The van der Waals surface area contributed by atoms with Crippen molar-refractivity contribution in [2.75, 3.05) is 11.4 Å². The molecule has 0 heterocycles. The van der Waals surface area contributed by atoms with Crippen LogP contribution in [0.4, 0.5) is 5.69 Å². The number of carbonyl (C=O) groups excluding carboxylic acids is 1. The Morgan fingerprint density at radius 3 is 2.68 bits per heavy atom. The molecule has 5 heteroatoms. The zero-order valence-corrected chi connectivity index (χ0v) is 10.8. The van der Waals surface area contributed by atoms with Gasteiger partial charge in [0.25, 0.3) is 0 Å². The number of nitriles is 1. The third-order valence-corrected chi connectivity index (χ3v) is 2.60. The second-order valence-electron chi connectivity index (χ2n) is 4.10. The summed E-state index contributed by atoms with van der Waals surface area (Å²) in [5.41, 5.74) is 1.01. The van der Waals surface area contributed by atoms with Crippen molar-refractivity contribution in [1.82, 2.24) is 0 Å². The second-order valence-corrected chi connectivity index (χ2v) is 4.10. The van der Waals surface area contributed by atoms with E-state index in [1.807, 2.05) is 13.0 Å². The molecule has 0 aliphatic rings. The molecule has 0 aromatic heterocycles. The van der Waals surface area contributed by atoms with Gasteiger partial charge in [-0.3, -0.25) is 9.59 Å². The molecule has 0 spiro atoms. The summed E-state index contributed by atoms with van der Waals surface area (Å²) in [6.45, 7) is 2.00. The van der Waals surface area contributed by atoms with E-state index in [0.717, 1.165) is 0 Å². The number of amides is 1. The van der Waals surface area contributed by atoms with E-state index in [0.29, 0.717) is 24.1 Å². The highest BCUT2D eigenvalue weighted by Gasteiger charge is 2.16. The lowest BCUT2D eigenvalue weighted by Crippen LogP contribution is -2.32. The largest absolute Gasteiger partial charge is 0.481 e. The molecule has 5 nitrogen and oxygen atoms in total. The fourth-order valence-electron chi connectivity index (χ4n) is 1.70. The predicted molar refractivity (Wildman–Crippen MR) is 70.7 cm³/mol. The fourth-order valence-corrected chi connectivity index (χ4v) is 1.70. The number of hydrogen-bond acceptors (Lipinski definition) is 3. The van der Waals surface area contributed by atoms with Gasteiger partial charge < -0.3 is 10.0 Å². The SMILES string of the molecule is CCCC(=O)N(CCC(=O)O)c1cccc(C#N)c1. The molecule has 0 atom stereocenters. The Bertz CT molecular complexity index is 506. The molecule has 0 radical (unpaired) electrons. The number of carboxylic acid groups (broad SMARTS) is 1. The predicted octanol–water partition coefficient (Wildman–Crippen LogP) is 2.17. The lowest BCUT2D eigenvalue weighted by atomic mass is 10.2. The van der Waals surface area contributed by atoms with Crippen LogP contribution in [0.2, 0.25) is 0 Å². The monoisotopic (exact) mass is 260 g/mol. The fraction of sp³-hybridized carbons (Fsp3) is 0.357. The third-order valence-electron chi connectivity index (χ3n) is 2.60. The van der Waals surface area contributed by atoms with Gasteiger partial charge in [0.1, 0.15) is 0 Å². The van der Waals surface area contributed by atoms with Crippen molar-refractivity contribution in [3.63, 3.8) is 0 Å². The highest BCUT2D eigenvalue weighted by atomic mass is 16.4. The lowest BCUT2D eigenvalue weighted by Gasteiger charge is -2.22. The number of carboxylic acids is 1. The van der Waals surface area contributed by atoms with Gasteiger partial charge in [0.05, 0.1) is 18.1 Å². The molecule has 1 rings (SSSR count). The van der Waals surface area contributed by atoms with Crippen molar-refractivity contribution in [2.24, 2.45) is 0 Å². The van der Waals surface area contributed by atoms with Crippen molar-refractivity contribution in [1.29, 1.82) is 5.26 Å². The maximum absolute atomic E-state index is 12.0. The molecule has 1 N–H and O–H groups in total. The van der Waals surface area contributed by atoms with Crippen molar-refractivity contribution in [3.8, 4) is 6.07 Å². The van der Waals surface area contributed by atoms with E-state index in [2.05, 4.69) is 0 Å². The van der Waals surface area contributed by atoms with Crippen LogP contribution in [0.5, 0.6) is 0 Å². The summed E-state index contributed by atoms with van der Waals surface area (Å²) in [7, 11) is 0. The van der Waals surface area contributed by atoms with Crippen molar-refractivity contribution >= 4 is 17.6 Å². The molecule has 1 amide bonds. The molecule has 0 unspecified atom stereocenters. The third kappa shape index (κ3) is 4.43. The van der Waals surface area contributed by atoms with Crippen LogP contribution < -0.4 is 4.90 Å². The van der Waals surface area contributed by atoms with Gasteiger partial charge in [-0.25, -0.2) is 0 Å². The Kier molecular flexibility index (Phi) is 5.55. The highest BCUT2D eigenvalue weighted by molar-refractivity contribution is 5.93. The maximum Gasteiger partial charge on any atom is 0.305 e. The first-order valence-electron chi connectivity index (χ1n) is 6.10. The van der Waals surface area contributed by atoms with E-state index in [4.69, 9.17) is 10.4 Å². The smallest absolute Gasteiger partial charge is 0.305 e. The maximum atomic E-state index is 12.0. The summed E-state index contributed by atoms with van der Waals surface area (Å²) >= 11 is 0. The average Bonchev–Trinajstić information content (AvgIpc) is 2.39. The van der Waals surface area contributed by atoms with Gasteiger partial charge in [0, 0.05) is 18.7 Å². The average molecular weight is 260 g/mol. The Labute approximate surface area is 112 Å². The first kappa shape index (κ1) is 14.7. The van der Waals surface area contributed by atoms with Gasteiger partial charge in [-0.15, -0.1) is 0 Å². The minimum atomic E-state index is -0.953. The van der Waals surface area contributed by atoms with Gasteiger partial charge in [0.2, 0.25) is 5.91 Å². The summed E-state index contributed by atoms with van der Waals surface area (Å²) in [6.07, 6.45) is 0.934. The lowest BCUT2D eigenvalue weighted by molar-refractivity contribution is -0.136. The normalized spacial score (nSPS) is 9.68. The first-order chi connectivity index (χ1) is 9.08. The number of nitrogens with zero attached hydrogens (tertiary/aromatic N) is 2. The van der Waals surface area contributed by atoms with E-state index < -0.39 is 5.97 Å². The highest BCUT2D eigenvalue weighted by Crippen LogP contribution is 2.18. The van der Waals surface area contributed by atoms with Crippen molar-refractivity contribution in [3.05, 3.63) is 29.8 Å². The molecule has 0 bridgehead atoms. The van der Waals surface area contributed by atoms with Crippen LogP contribution in [0, 0.1) is 11.3 Å². The topological polar surface area (TPSA) is 81.4 Å². The zero-order chi connectivity index (χ0) is 14.3. The number of rotatable bonds is 6. The molecule has 0 aliphatic heterocycles. The Morgan fingerprint density at radius 1 is 1.37 bits per heavy atom. The molecular formula is C14H16N2O3. The van der Waals surface area contributed by atoms with Crippen LogP contribution in [-0.2, 0) is 9.59 Å². The molecule has 1 aromatic carbocycles. The molecular weight excluding hydrogens is 244 g/mol. The van der Waals surface area contributed by atoms with Gasteiger partial charge in [-0.05, 0) is 24.6 Å². The number of carbonyl (C=O) groups is 2. The molecule has 19 heavy (non-hydrogen) atoms. The standard InChI is InChI=1S/C14H16N2O3/c1-2-4-13(17)16(8-7-14(18)19)12-6-3-5-11(9-12)10-15/h3,5-6,9H,2,4,7-8H2,1H3,(H,18,19). The van der Waals surface area contributed by atoms with Crippen LogP contribution in [0.15, 0.2) is 24.3 Å². The number of hydrogen-bond donors (Lipinski definition) is 1. The minimum Gasteiger partial charge on any atom is -0.481 e. The van der Waals surface area contributed by atoms with E-state index in [9.17, 15) is 9.59 Å². The van der Waals surface area contributed by atoms with Crippen molar-refractivity contribution < 1.29 is 14.7 Å². The molecule has 0 saturated carbocycles. The summed E-state index contributed by atoms with van der Waals surface area (Å²) in [5.74, 6) is -1.08. The summed E-state index contributed by atoms with van der Waals surface area (Å²) < 4.78 is 0. The van der Waals surface area contributed by atoms with Crippen LogP contribution >= 0.6 is 0 Å². The summed E-state index contributed by atoms with van der Waals surface area (Å²) in [6, 6.07) is 8.62.